The van der Waals surface area contributed by atoms with E-state index in [4.69, 9.17) is 18.3 Å². The molecule has 0 bridgehead atoms. The molecule has 0 aliphatic heterocycles. The van der Waals surface area contributed by atoms with Crippen LogP contribution in [-0.4, -0.2) is 29.4 Å². The second-order valence-electron chi connectivity index (χ2n) is 3.93. The van der Waals surface area contributed by atoms with Gasteiger partial charge in [0.1, 0.15) is 0 Å². The fraction of sp³-hybridized carbons (Fsp3) is 0.500. The fourth-order valence-corrected chi connectivity index (χ4v) is 2.99. The first-order valence-corrected chi connectivity index (χ1v) is 8.39. The van der Waals surface area contributed by atoms with Gasteiger partial charge >= 0.3 is 8.56 Å². The third-order valence-corrected chi connectivity index (χ3v) is 3.90. The van der Waals surface area contributed by atoms with E-state index in [-0.39, 0.29) is 0 Å². The smallest absolute Gasteiger partial charge is 0.392 e. The molecule has 1 rings (SSSR count). The van der Waals surface area contributed by atoms with Gasteiger partial charge in [-0.1, -0.05) is 6.07 Å². The number of benzene rings is 1. The molecule has 0 saturated heterocycles. The molecule has 0 fully saturated rings. The first-order valence-electron chi connectivity index (χ1n) is 5.58. The van der Waals surface area contributed by atoms with Crippen LogP contribution < -0.4 is 13.9 Å². The summed E-state index contributed by atoms with van der Waals surface area (Å²) in [4.78, 5) is 0. The topological polar surface area (TPSA) is 36.9 Å². The summed E-state index contributed by atoms with van der Waals surface area (Å²) in [5, 5.41) is 0. The molecule has 0 spiro atoms. The molecule has 0 saturated carbocycles. The van der Waals surface area contributed by atoms with E-state index in [2.05, 4.69) is 0 Å². The zero-order valence-electron chi connectivity index (χ0n) is 11.1. The Bertz CT molecular complexity index is 343. The lowest BCUT2D eigenvalue weighted by Crippen LogP contribution is -2.38. The van der Waals surface area contributed by atoms with Gasteiger partial charge in [-0.25, -0.2) is 0 Å². The van der Waals surface area contributed by atoms with Gasteiger partial charge in [-0.15, -0.1) is 0 Å². The minimum Gasteiger partial charge on any atom is -0.515 e. The van der Waals surface area contributed by atoms with Crippen LogP contribution in [0.3, 0.4) is 0 Å². The Morgan fingerprint density at radius 3 is 2.00 bits per heavy atom. The van der Waals surface area contributed by atoms with Crippen LogP contribution in [0.5, 0.6) is 17.2 Å². The van der Waals surface area contributed by atoms with E-state index in [9.17, 15) is 0 Å². The van der Waals surface area contributed by atoms with E-state index in [1.807, 2.05) is 38.2 Å². The van der Waals surface area contributed by atoms with Crippen molar-refractivity contribution in [3.8, 4) is 17.2 Å². The molecule has 0 radical (unpaired) electrons. The van der Waals surface area contributed by atoms with Crippen molar-refractivity contribution in [1.29, 1.82) is 0 Å². The number of para-hydroxylation sites is 1. The highest BCUT2D eigenvalue weighted by atomic mass is 28.4. The summed E-state index contributed by atoms with van der Waals surface area (Å²) >= 11 is 0. The van der Waals surface area contributed by atoms with Crippen molar-refractivity contribution >= 4 is 8.56 Å². The molecule has 96 valence electrons. The van der Waals surface area contributed by atoms with Gasteiger partial charge in [0.05, 0.1) is 14.2 Å². The number of methoxy groups -OCH3 is 2. The fourth-order valence-electron chi connectivity index (χ4n) is 1.54. The van der Waals surface area contributed by atoms with Gasteiger partial charge in [0.15, 0.2) is 17.2 Å². The van der Waals surface area contributed by atoms with Crippen molar-refractivity contribution in [3.05, 3.63) is 18.2 Å². The van der Waals surface area contributed by atoms with Crippen molar-refractivity contribution in [3.63, 3.8) is 0 Å². The number of rotatable bonds is 6. The van der Waals surface area contributed by atoms with Gasteiger partial charge in [0, 0.05) is 6.61 Å². The van der Waals surface area contributed by atoms with Gasteiger partial charge in [-0.2, -0.15) is 0 Å². The molecule has 1 aromatic rings. The van der Waals surface area contributed by atoms with Crippen LogP contribution in [-0.2, 0) is 4.43 Å². The van der Waals surface area contributed by atoms with Crippen LogP contribution in [0.2, 0.25) is 13.1 Å². The van der Waals surface area contributed by atoms with Gasteiger partial charge in [-0.3, -0.25) is 0 Å². The van der Waals surface area contributed by atoms with E-state index < -0.39 is 8.56 Å². The van der Waals surface area contributed by atoms with Gasteiger partial charge in [-0.05, 0) is 32.2 Å². The van der Waals surface area contributed by atoms with Crippen molar-refractivity contribution < 1.29 is 18.3 Å². The van der Waals surface area contributed by atoms with Crippen LogP contribution >= 0.6 is 0 Å². The van der Waals surface area contributed by atoms with E-state index in [0.29, 0.717) is 23.9 Å². The molecule has 4 nitrogen and oxygen atoms in total. The molecule has 0 amide bonds. The first kappa shape index (κ1) is 13.9. The lowest BCUT2D eigenvalue weighted by Gasteiger charge is -2.25. The Labute approximate surface area is 104 Å². The molecule has 0 heterocycles. The summed E-state index contributed by atoms with van der Waals surface area (Å²) in [6, 6.07) is 5.54. The van der Waals surface area contributed by atoms with Crippen LogP contribution in [0.15, 0.2) is 18.2 Å². The number of ether oxygens (including phenoxy) is 2. The summed E-state index contributed by atoms with van der Waals surface area (Å²) in [5.41, 5.74) is 0. The Kier molecular flexibility index (Phi) is 4.83. The Balaban J connectivity index is 3.02. The molecular weight excluding hydrogens is 236 g/mol. The quantitative estimate of drug-likeness (QED) is 0.733. The van der Waals surface area contributed by atoms with Gasteiger partial charge < -0.3 is 18.3 Å². The lowest BCUT2D eigenvalue weighted by atomic mass is 10.3. The molecule has 17 heavy (non-hydrogen) atoms. The molecule has 0 N–H and O–H groups in total. The minimum absolute atomic E-state index is 0.614. The molecular formula is C12H20O4Si. The molecule has 0 aliphatic rings. The van der Waals surface area contributed by atoms with Crippen LogP contribution in [0.1, 0.15) is 6.92 Å². The molecule has 1 aromatic carbocycles. The monoisotopic (exact) mass is 256 g/mol. The van der Waals surface area contributed by atoms with Gasteiger partial charge in [0.2, 0.25) is 0 Å². The average Bonchev–Trinajstić information content (AvgIpc) is 2.28. The Hall–Kier alpha value is -1.20. The highest BCUT2D eigenvalue weighted by Gasteiger charge is 2.29. The summed E-state index contributed by atoms with van der Waals surface area (Å²) < 4.78 is 22.1. The lowest BCUT2D eigenvalue weighted by molar-refractivity contribution is 0.253. The number of hydrogen-bond donors (Lipinski definition) is 0. The zero-order chi connectivity index (χ0) is 12.9. The van der Waals surface area contributed by atoms with Crippen LogP contribution in [0, 0.1) is 0 Å². The van der Waals surface area contributed by atoms with Crippen molar-refractivity contribution in [2.75, 3.05) is 20.8 Å². The number of hydrogen-bond acceptors (Lipinski definition) is 4. The summed E-state index contributed by atoms with van der Waals surface area (Å²) in [7, 11) is 1.02. The minimum atomic E-state index is -2.20. The highest BCUT2D eigenvalue weighted by Crippen LogP contribution is 2.38. The summed E-state index contributed by atoms with van der Waals surface area (Å²) in [5.74, 6) is 1.93. The maximum absolute atomic E-state index is 5.95. The van der Waals surface area contributed by atoms with E-state index in [1.54, 1.807) is 14.2 Å². The maximum Gasteiger partial charge on any atom is 0.392 e. The second kappa shape index (κ2) is 5.93. The normalized spacial score (nSPS) is 11.1. The standard InChI is InChI=1S/C12H20O4Si/c1-6-15-17(4,5)16-12-10(13-2)8-7-9-11(12)14-3/h7-9H,6H2,1-5H3. The predicted molar refractivity (Wildman–Crippen MR) is 69.3 cm³/mol. The first-order chi connectivity index (χ1) is 8.04. The van der Waals surface area contributed by atoms with Crippen LogP contribution in [0.4, 0.5) is 0 Å². The molecule has 0 aliphatic carbocycles. The Morgan fingerprint density at radius 1 is 1.06 bits per heavy atom. The Morgan fingerprint density at radius 2 is 1.59 bits per heavy atom. The molecule has 0 atom stereocenters. The third kappa shape index (κ3) is 3.64. The van der Waals surface area contributed by atoms with Crippen molar-refractivity contribution in [2.45, 2.75) is 20.0 Å². The zero-order valence-corrected chi connectivity index (χ0v) is 12.1. The largest absolute Gasteiger partial charge is 0.515 e. The molecule has 0 aromatic heterocycles. The highest BCUT2D eigenvalue weighted by molar-refractivity contribution is 6.65. The van der Waals surface area contributed by atoms with Crippen molar-refractivity contribution in [2.24, 2.45) is 0 Å². The summed E-state index contributed by atoms with van der Waals surface area (Å²) in [6.45, 7) is 6.57. The SMILES string of the molecule is CCO[Si](C)(C)Oc1c(OC)cccc1OC. The average molecular weight is 256 g/mol. The predicted octanol–water partition coefficient (Wildman–Crippen LogP) is 2.82. The molecule has 5 heteroatoms. The summed E-state index contributed by atoms with van der Waals surface area (Å²) in [6.07, 6.45) is 0. The molecule has 0 unspecified atom stereocenters. The van der Waals surface area contributed by atoms with E-state index in [1.165, 1.54) is 0 Å². The third-order valence-electron chi connectivity index (χ3n) is 2.22. The van der Waals surface area contributed by atoms with Crippen molar-refractivity contribution in [1.82, 2.24) is 0 Å². The van der Waals surface area contributed by atoms with Gasteiger partial charge in [0.25, 0.3) is 0 Å². The van der Waals surface area contributed by atoms with Crippen LogP contribution in [0.25, 0.3) is 0 Å². The maximum atomic E-state index is 5.95. The van der Waals surface area contributed by atoms with E-state index in [0.717, 1.165) is 0 Å². The van der Waals surface area contributed by atoms with E-state index >= 15 is 0 Å². The second-order valence-corrected chi connectivity index (χ2v) is 7.22.